The first-order valence-electron chi connectivity index (χ1n) is 25.0. The van der Waals surface area contributed by atoms with E-state index in [0.717, 1.165) is 66.8 Å². The highest BCUT2D eigenvalue weighted by Gasteiger charge is 2.36. The minimum absolute atomic E-state index is 0.0141. The van der Waals surface area contributed by atoms with Crippen LogP contribution in [0.25, 0.3) is 11.1 Å². The quantitative estimate of drug-likeness (QED) is 0.135. The number of benzene rings is 2. The third-order valence-corrected chi connectivity index (χ3v) is 14.9. The van der Waals surface area contributed by atoms with Gasteiger partial charge in [0.1, 0.15) is 18.4 Å². The first-order chi connectivity index (χ1) is 34.8. The largest absolute Gasteiger partial charge is 0.490 e. The molecule has 2 N–H and O–H groups in total. The molecule has 1 saturated carbocycles. The monoisotopic (exact) mass is 1010 g/mol. The Kier molecular flexibility index (Phi) is 15.7. The molecule has 3 aromatic heterocycles. The molecule has 10 rings (SSSR count). The third kappa shape index (κ3) is 11.3. The van der Waals surface area contributed by atoms with Gasteiger partial charge in [-0.2, -0.15) is 15.5 Å². The summed E-state index contributed by atoms with van der Waals surface area (Å²) in [5.41, 5.74) is 10.7. The zero-order valence-corrected chi connectivity index (χ0v) is 41.6. The number of carbonyl (C=O) groups excluding carboxylic acids is 3. The SMILES string of the molecule is CC(=O)N1CCc2c(c(N3CCCc4cc(-c5cnn(C)c5)c(C(F)F)cc43)nn2C2CCN(C(=O)COC3CCN(c4ccc(C(N)=O)nn4)CC3)CC2)C1.N#Cc1ccc(OC2CCCCC2)cc1Cl. The number of anilines is 3. The number of nitriles is 1. The average molecular weight is 1010 g/mol. The first-order valence-corrected chi connectivity index (χ1v) is 25.4. The van der Waals surface area contributed by atoms with Gasteiger partial charge in [-0.05, 0) is 112 Å². The van der Waals surface area contributed by atoms with E-state index in [4.69, 9.17) is 37.2 Å². The van der Waals surface area contributed by atoms with Gasteiger partial charge in [0.15, 0.2) is 17.3 Å². The van der Waals surface area contributed by atoms with Crippen LogP contribution >= 0.6 is 11.6 Å². The number of ether oxygens (including phenoxy) is 2. The van der Waals surface area contributed by atoms with Crippen LogP contribution in [0.2, 0.25) is 5.02 Å². The van der Waals surface area contributed by atoms with Crippen LogP contribution in [0.3, 0.4) is 0 Å². The summed E-state index contributed by atoms with van der Waals surface area (Å²) in [5.74, 6) is 1.49. The standard InChI is InChI=1S/C39H47F2N11O4.C13H14ClNO/c1-24(53)50-17-11-33-31(22-50)39(51-12-3-4-25-18-29(26-20-43-47(2)21-26)30(37(40)41)19-34(25)51)46-52(33)27-7-13-49(14-8-27)36(54)23-56-28-9-15-48(16-10-28)35-6-5-32(38(42)55)44-45-35;14-13-8-12(7-6-10(13)9-15)16-11-4-2-1-3-5-11/h5-6,18-21,27-28,37H,3-4,7-17,22-23H2,1-2H3,(H2,42,55);6-8,11H,1-5H2. The molecular formula is C52H61ClF2N12O5. The molecule has 0 atom stereocenters. The number of nitrogens with zero attached hydrogens (tertiary/aromatic N) is 11. The molecule has 2 saturated heterocycles. The van der Waals surface area contributed by atoms with Crippen molar-refractivity contribution in [2.24, 2.45) is 12.8 Å². The van der Waals surface area contributed by atoms with E-state index in [1.165, 1.54) is 19.3 Å². The van der Waals surface area contributed by atoms with Crippen molar-refractivity contribution in [1.29, 1.82) is 5.26 Å². The second-order valence-corrected chi connectivity index (χ2v) is 19.7. The van der Waals surface area contributed by atoms with E-state index in [9.17, 15) is 23.2 Å². The number of aryl methyl sites for hydroxylation is 2. The number of alkyl halides is 2. The lowest BCUT2D eigenvalue weighted by atomic mass is 9.92. The second-order valence-electron chi connectivity index (χ2n) is 19.3. The number of rotatable bonds is 11. The van der Waals surface area contributed by atoms with Crippen molar-refractivity contribution in [2.75, 3.05) is 55.7 Å². The first kappa shape index (κ1) is 50.3. The summed E-state index contributed by atoms with van der Waals surface area (Å²) < 4.78 is 44.9. The van der Waals surface area contributed by atoms with Crippen LogP contribution in [0.5, 0.6) is 5.75 Å². The number of hydrogen-bond donors (Lipinski definition) is 1. The maximum Gasteiger partial charge on any atom is 0.269 e. The molecule has 7 heterocycles. The Morgan fingerprint density at radius 1 is 0.889 bits per heavy atom. The number of amides is 3. The van der Waals surface area contributed by atoms with Gasteiger partial charge in [0, 0.05) is 100.0 Å². The van der Waals surface area contributed by atoms with Crippen molar-refractivity contribution >= 4 is 46.6 Å². The molecule has 20 heteroatoms. The van der Waals surface area contributed by atoms with E-state index in [1.807, 2.05) is 28.0 Å². The number of nitrogens with two attached hydrogens (primary N) is 1. The Hall–Kier alpha value is -6.65. The van der Waals surface area contributed by atoms with Gasteiger partial charge in [-0.1, -0.05) is 18.0 Å². The van der Waals surface area contributed by atoms with Gasteiger partial charge in [0.25, 0.3) is 12.3 Å². The molecule has 380 valence electrons. The van der Waals surface area contributed by atoms with Crippen LogP contribution in [-0.4, -0.2) is 115 Å². The van der Waals surface area contributed by atoms with Gasteiger partial charge in [0.05, 0.1) is 41.6 Å². The number of halogens is 3. The van der Waals surface area contributed by atoms with E-state index in [0.29, 0.717) is 105 Å². The molecule has 0 radical (unpaired) electrons. The third-order valence-electron chi connectivity index (χ3n) is 14.6. The van der Waals surface area contributed by atoms with Crippen LogP contribution < -0.4 is 20.3 Å². The molecule has 3 fully saturated rings. The fourth-order valence-corrected chi connectivity index (χ4v) is 10.8. The van der Waals surface area contributed by atoms with E-state index in [1.54, 1.807) is 61.4 Å². The second kappa shape index (κ2) is 22.4. The lowest BCUT2D eigenvalue weighted by Gasteiger charge is -2.35. The average Bonchev–Trinajstić information content (AvgIpc) is 4.01. The van der Waals surface area contributed by atoms with Crippen LogP contribution in [-0.2, 0) is 40.8 Å². The number of piperidine rings is 2. The van der Waals surface area contributed by atoms with Crippen molar-refractivity contribution in [1.82, 2.24) is 39.6 Å². The van der Waals surface area contributed by atoms with Crippen LogP contribution in [0.1, 0.15) is 122 Å². The van der Waals surface area contributed by atoms with E-state index in [-0.39, 0.29) is 41.8 Å². The minimum atomic E-state index is -2.68. The number of primary amides is 1. The van der Waals surface area contributed by atoms with Crippen LogP contribution in [0.15, 0.2) is 54.9 Å². The predicted molar refractivity (Wildman–Crippen MR) is 266 cm³/mol. The van der Waals surface area contributed by atoms with E-state index >= 15 is 0 Å². The summed E-state index contributed by atoms with van der Waals surface area (Å²) in [6.45, 7) is 5.71. The van der Waals surface area contributed by atoms with Crippen LogP contribution in [0.4, 0.5) is 26.1 Å². The Morgan fingerprint density at radius 3 is 2.32 bits per heavy atom. The summed E-state index contributed by atoms with van der Waals surface area (Å²) in [5, 5.41) is 26.7. The van der Waals surface area contributed by atoms with Crippen molar-refractivity contribution in [3.8, 4) is 22.9 Å². The molecule has 4 aliphatic heterocycles. The summed E-state index contributed by atoms with van der Waals surface area (Å²) in [6.07, 6.45) is 12.1. The smallest absolute Gasteiger partial charge is 0.269 e. The summed E-state index contributed by atoms with van der Waals surface area (Å²) in [4.78, 5) is 45.0. The molecule has 3 amide bonds. The molecule has 72 heavy (non-hydrogen) atoms. The highest BCUT2D eigenvalue weighted by Crippen LogP contribution is 2.44. The van der Waals surface area contributed by atoms with Gasteiger partial charge in [-0.25, -0.2) is 8.78 Å². The molecule has 0 bridgehead atoms. The predicted octanol–water partition coefficient (Wildman–Crippen LogP) is 7.87. The molecule has 5 aromatic rings. The maximum absolute atomic E-state index is 14.7. The molecular weight excluding hydrogens is 946 g/mol. The van der Waals surface area contributed by atoms with Crippen molar-refractivity contribution in [2.45, 2.75) is 115 Å². The number of aromatic nitrogens is 6. The fourth-order valence-electron chi connectivity index (χ4n) is 10.6. The lowest BCUT2D eigenvalue weighted by molar-refractivity contribution is -0.140. The normalized spacial score (nSPS) is 17.7. The van der Waals surface area contributed by atoms with Gasteiger partial charge in [0.2, 0.25) is 11.8 Å². The highest BCUT2D eigenvalue weighted by molar-refractivity contribution is 6.31. The summed E-state index contributed by atoms with van der Waals surface area (Å²) in [6, 6.07) is 14.1. The molecule has 0 spiro atoms. The lowest BCUT2D eigenvalue weighted by Crippen LogP contribution is -2.43. The molecule has 5 aliphatic rings. The van der Waals surface area contributed by atoms with Gasteiger partial charge in [-0.3, -0.25) is 23.7 Å². The zero-order valence-electron chi connectivity index (χ0n) is 40.8. The van der Waals surface area contributed by atoms with Gasteiger partial charge in [-0.15, -0.1) is 10.2 Å². The Labute approximate surface area is 422 Å². The van der Waals surface area contributed by atoms with E-state index < -0.39 is 12.3 Å². The van der Waals surface area contributed by atoms with Crippen LogP contribution in [0, 0.1) is 11.3 Å². The number of likely N-dealkylation sites (tertiary alicyclic amines) is 1. The Bertz CT molecular complexity index is 2790. The molecule has 1 aliphatic carbocycles. The number of fused-ring (bicyclic) bond motifs is 2. The molecule has 0 unspecified atom stereocenters. The van der Waals surface area contributed by atoms with Crippen molar-refractivity contribution in [3.63, 3.8) is 0 Å². The topological polar surface area (TPSA) is 194 Å². The number of hydrogen-bond acceptors (Lipinski definition) is 12. The fraction of sp³-hybridized carbons (Fsp3) is 0.500. The van der Waals surface area contributed by atoms with Gasteiger partial charge < -0.3 is 34.8 Å². The van der Waals surface area contributed by atoms with Crippen molar-refractivity contribution in [3.05, 3.63) is 93.5 Å². The zero-order chi connectivity index (χ0) is 50.5. The Balaban J connectivity index is 0.000000339. The number of carbonyl (C=O) groups is 3. The molecule has 17 nitrogen and oxygen atoms in total. The molecule has 2 aromatic carbocycles. The minimum Gasteiger partial charge on any atom is -0.490 e. The van der Waals surface area contributed by atoms with Gasteiger partial charge >= 0.3 is 0 Å². The Morgan fingerprint density at radius 2 is 1.67 bits per heavy atom. The maximum atomic E-state index is 14.7. The summed E-state index contributed by atoms with van der Waals surface area (Å²) in [7, 11) is 1.77. The highest BCUT2D eigenvalue weighted by atomic mass is 35.5. The van der Waals surface area contributed by atoms with E-state index in [2.05, 4.69) is 29.8 Å². The summed E-state index contributed by atoms with van der Waals surface area (Å²) >= 11 is 5.94. The van der Waals surface area contributed by atoms with Crippen molar-refractivity contribution < 1.29 is 32.6 Å².